The zero-order valence-electron chi connectivity index (χ0n) is 19.2. The minimum absolute atomic E-state index is 0.0513. The van der Waals surface area contributed by atoms with E-state index in [1.165, 1.54) is 5.56 Å². The lowest BCUT2D eigenvalue weighted by molar-refractivity contribution is 0.122. The van der Waals surface area contributed by atoms with Crippen molar-refractivity contribution >= 4 is 29.1 Å². The van der Waals surface area contributed by atoms with E-state index in [0.717, 1.165) is 46.9 Å². The topological polar surface area (TPSA) is 96.5 Å². The molecular weight excluding hydrogens is 444 g/mol. The molecule has 2 aliphatic rings. The molecule has 0 spiro atoms. The Bertz CT molecular complexity index is 1390. The van der Waals surface area contributed by atoms with Gasteiger partial charge in [0, 0.05) is 55.2 Å². The molecule has 2 aliphatic heterocycles. The van der Waals surface area contributed by atoms with Crippen LogP contribution >= 0.6 is 0 Å². The van der Waals surface area contributed by atoms with Crippen molar-refractivity contribution in [2.45, 2.75) is 6.54 Å². The van der Waals surface area contributed by atoms with Crippen molar-refractivity contribution in [3.8, 4) is 17.0 Å². The summed E-state index contributed by atoms with van der Waals surface area (Å²) in [5.41, 5.74) is 6.78. The number of aliphatic hydroxyl groups is 1. The Morgan fingerprint density at radius 3 is 2.91 bits per heavy atom. The fourth-order valence-corrected chi connectivity index (χ4v) is 4.49. The summed E-state index contributed by atoms with van der Waals surface area (Å²) in [5.74, 6) is 1.36. The Kier molecular flexibility index (Phi) is 5.77. The third kappa shape index (κ3) is 4.31. The van der Waals surface area contributed by atoms with Crippen LogP contribution in [0.5, 0.6) is 5.75 Å². The van der Waals surface area contributed by atoms with Crippen LogP contribution in [0.4, 0.5) is 17.2 Å². The number of anilines is 3. The van der Waals surface area contributed by atoms with Crippen molar-refractivity contribution < 1.29 is 14.6 Å². The van der Waals surface area contributed by atoms with Crippen molar-refractivity contribution in [3.05, 3.63) is 66.1 Å². The molecule has 1 fully saturated rings. The molecule has 0 bridgehead atoms. The lowest BCUT2D eigenvalue weighted by atomic mass is 10.0. The number of benzene rings is 2. The first-order valence-corrected chi connectivity index (χ1v) is 11.7. The maximum Gasteiger partial charge on any atom is 0.180 e. The average molecular weight is 471 g/mol. The Labute approximate surface area is 202 Å². The maximum atomic E-state index is 9.32. The monoisotopic (exact) mass is 470 g/mol. The molecule has 9 nitrogen and oxygen atoms in total. The summed E-state index contributed by atoms with van der Waals surface area (Å²) < 4.78 is 13.4. The largest absolute Gasteiger partial charge is 0.489 e. The van der Waals surface area contributed by atoms with Gasteiger partial charge in [-0.1, -0.05) is 12.1 Å². The van der Waals surface area contributed by atoms with Gasteiger partial charge in [-0.05, 0) is 29.3 Å². The van der Waals surface area contributed by atoms with Gasteiger partial charge in [-0.25, -0.2) is 9.97 Å². The highest BCUT2D eigenvalue weighted by Gasteiger charge is 2.18. The molecule has 178 valence electrons. The quantitative estimate of drug-likeness (QED) is 0.428. The van der Waals surface area contributed by atoms with Crippen LogP contribution in [0.2, 0.25) is 0 Å². The van der Waals surface area contributed by atoms with Crippen LogP contribution in [-0.2, 0) is 11.3 Å². The van der Waals surface area contributed by atoms with E-state index in [2.05, 4.69) is 38.4 Å². The Morgan fingerprint density at radius 1 is 1.11 bits per heavy atom. The number of aromatic nitrogens is 3. The molecule has 2 aromatic carbocycles. The molecule has 0 saturated carbocycles. The molecule has 0 radical (unpaired) electrons. The predicted octanol–water partition coefficient (Wildman–Crippen LogP) is 3.28. The summed E-state index contributed by atoms with van der Waals surface area (Å²) in [7, 11) is 0. The van der Waals surface area contributed by atoms with Gasteiger partial charge in [-0.3, -0.25) is 4.99 Å². The number of morpholine rings is 1. The van der Waals surface area contributed by atoms with Crippen molar-refractivity contribution in [1.29, 1.82) is 0 Å². The Balaban J connectivity index is 1.35. The van der Waals surface area contributed by atoms with Crippen LogP contribution in [0.3, 0.4) is 0 Å². The van der Waals surface area contributed by atoms with Crippen LogP contribution in [0, 0.1) is 0 Å². The Morgan fingerprint density at radius 2 is 2.03 bits per heavy atom. The van der Waals surface area contributed by atoms with Gasteiger partial charge in [-0.15, -0.1) is 0 Å². The van der Waals surface area contributed by atoms with E-state index in [4.69, 9.17) is 14.5 Å². The van der Waals surface area contributed by atoms with E-state index < -0.39 is 0 Å². The SMILES string of the molecule is OCCOc1cc(Nc2nc(-c3ccc4c(c3)CN=C4)cn3ccnc23)ccc1N1CCOCC1. The van der Waals surface area contributed by atoms with Gasteiger partial charge < -0.3 is 29.2 Å². The smallest absolute Gasteiger partial charge is 0.180 e. The third-order valence-electron chi connectivity index (χ3n) is 6.23. The number of imidazole rings is 1. The fourth-order valence-electron chi connectivity index (χ4n) is 4.49. The normalized spacial score (nSPS) is 14.9. The molecule has 2 aromatic heterocycles. The molecule has 0 amide bonds. The van der Waals surface area contributed by atoms with Gasteiger partial charge in [0.05, 0.1) is 37.7 Å². The zero-order chi connectivity index (χ0) is 23.6. The number of ether oxygens (including phenoxy) is 2. The van der Waals surface area contributed by atoms with Gasteiger partial charge in [0.2, 0.25) is 0 Å². The van der Waals surface area contributed by atoms with Gasteiger partial charge >= 0.3 is 0 Å². The number of fused-ring (bicyclic) bond motifs is 2. The van der Waals surface area contributed by atoms with E-state index in [-0.39, 0.29) is 13.2 Å². The highest BCUT2D eigenvalue weighted by atomic mass is 16.5. The molecule has 1 saturated heterocycles. The second-order valence-electron chi connectivity index (χ2n) is 8.50. The van der Waals surface area contributed by atoms with E-state index >= 15 is 0 Å². The van der Waals surface area contributed by atoms with Crippen LogP contribution in [0.15, 0.2) is 60.0 Å². The first-order chi connectivity index (χ1) is 17.3. The molecule has 4 heterocycles. The van der Waals surface area contributed by atoms with E-state index in [1.807, 2.05) is 41.2 Å². The second-order valence-corrected chi connectivity index (χ2v) is 8.50. The second kappa shape index (κ2) is 9.36. The zero-order valence-corrected chi connectivity index (χ0v) is 19.2. The number of nitrogens with zero attached hydrogens (tertiary/aromatic N) is 5. The molecule has 0 aliphatic carbocycles. The van der Waals surface area contributed by atoms with Crippen LogP contribution in [-0.4, -0.2) is 65.2 Å². The highest BCUT2D eigenvalue weighted by molar-refractivity contribution is 5.86. The minimum Gasteiger partial charge on any atom is -0.489 e. The first kappa shape index (κ1) is 21.6. The van der Waals surface area contributed by atoms with Gasteiger partial charge in [0.1, 0.15) is 12.4 Å². The maximum absolute atomic E-state index is 9.32. The number of nitrogens with one attached hydrogen (secondary N) is 1. The van der Waals surface area contributed by atoms with E-state index in [0.29, 0.717) is 31.3 Å². The van der Waals surface area contributed by atoms with Crippen LogP contribution in [0.1, 0.15) is 11.1 Å². The molecule has 9 heteroatoms. The first-order valence-electron chi connectivity index (χ1n) is 11.7. The standard InChI is InChI=1S/C26H26N6O3/c33-9-12-35-24-14-21(3-4-23(24)31-7-10-34-11-8-31)29-25-26-28-5-6-32(26)17-22(30-25)18-1-2-19-15-27-16-20(19)13-18/h1-6,13-15,17,33H,7-12,16H2,(H,29,30). The highest BCUT2D eigenvalue weighted by Crippen LogP contribution is 2.34. The van der Waals surface area contributed by atoms with Gasteiger partial charge in [-0.2, -0.15) is 0 Å². The summed E-state index contributed by atoms with van der Waals surface area (Å²) in [6.07, 6.45) is 7.58. The summed E-state index contributed by atoms with van der Waals surface area (Å²) in [4.78, 5) is 16.0. The number of aliphatic imine (C=N–C) groups is 1. The van der Waals surface area contributed by atoms with Crippen molar-refractivity contribution in [3.63, 3.8) is 0 Å². The molecule has 4 aromatic rings. The summed E-state index contributed by atoms with van der Waals surface area (Å²) in [5, 5.41) is 12.8. The van der Waals surface area contributed by atoms with Crippen molar-refractivity contribution in [2.75, 3.05) is 49.7 Å². The summed E-state index contributed by atoms with van der Waals surface area (Å²) in [6, 6.07) is 12.3. The minimum atomic E-state index is -0.0513. The molecule has 0 atom stereocenters. The molecule has 6 rings (SSSR count). The molecule has 0 unspecified atom stereocenters. The predicted molar refractivity (Wildman–Crippen MR) is 135 cm³/mol. The van der Waals surface area contributed by atoms with Crippen LogP contribution in [0.25, 0.3) is 16.9 Å². The van der Waals surface area contributed by atoms with Crippen LogP contribution < -0.4 is 15.0 Å². The summed E-state index contributed by atoms with van der Waals surface area (Å²) in [6.45, 7) is 3.84. The van der Waals surface area contributed by atoms with Crippen molar-refractivity contribution in [1.82, 2.24) is 14.4 Å². The van der Waals surface area contributed by atoms with E-state index in [9.17, 15) is 5.11 Å². The number of hydrogen-bond donors (Lipinski definition) is 2. The Hall–Kier alpha value is -3.95. The third-order valence-corrected chi connectivity index (χ3v) is 6.23. The number of rotatable bonds is 7. The molecule has 35 heavy (non-hydrogen) atoms. The lowest BCUT2D eigenvalue weighted by Gasteiger charge is -2.30. The van der Waals surface area contributed by atoms with Gasteiger partial charge in [0.15, 0.2) is 11.5 Å². The average Bonchev–Trinajstić information content (AvgIpc) is 3.57. The molecule has 2 N–H and O–H groups in total. The molecular formula is C26H26N6O3. The number of aliphatic hydroxyl groups excluding tert-OH is 1. The lowest BCUT2D eigenvalue weighted by Crippen LogP contribution is -2.36. The number of hydrogen-bond acceptors (Lipinski definition) is 8. The fraction of sp³-hybridized carbons (Fsp3) is 0.269. The van der Waals surface area contributed by atoms with E-state index in [1.54, 1.807) is 6.20 Å². The summed E-state index contributed by atoms with van der Waals surface area (Å²) >= 11 is 0. The van der Waals surface area contributed by atoms with Gasteiger partial charge in [0.25, 0.3) is 0 Å². The van der Waals surface area contributed by atoms with Crippen molar-refractivity contribution in [2.24, 2.45) is 4.99 Å².